The minimum absolute atomic E-state index is 0.356. The van der Waals surface area contributed by atoms with Crippen molar-refractivity contribution in [1.82, 2.24) is 15.1 Å². The van der Waals surface area contributed by atoms with E-state index in [2.05, 4.69) is 37.4 Å². The molecule has 0 aliphatic carbocycles. The molecule has 1 unspecified atom stereocenters. The molecule has 0 aliphatic heterocycles. The highest BCUT2D eigenvalue weighted by Gasteiger charge is 2.10. The predicted molar refractivity (Wildman–Crippen MR) is 70.1 cm³/mol. The highest BCUT2D eigenvalue weighted by atomic mass is 16.5. The van der Waals surface area contributed by atoms with Gasteiger partial charge < -0.3 is 10.1 Å². The van der Waals surface area contributed by atoms with E-state index in [1.54, 1.807) is 0 Å². The summed E-state index contributed by atoms with van der Waals surface area (Å²) in [6.07, 6.45) is 4.24. The van der Waals surface area contributed by atoms with E-state index in [0.29, 0.717) is 6.04 Å². The van der Waals surface area contributed by atoms with E-state index < -0.39 is 0 Å². The van der Waals surface area contributed by atoms with Gasteiger partial charge >= 0.3 is 0 Å². The van der Waals surface area contributed by atoms with Crippen molar-refractivity contribution in [1.29, 1.82) is 0 Å². The van der Waals surface area contributed by atoms with Crippen molar-refractivity contribution in [3.8, 4) is 0 Å². The monoisotopic (exact) mass is 239 g/mol. The standard InChI is InChI=1S/C13H25N3O/c1-5-8-17-9-6-7-14-11(2)13-10-16(4)15-12(13)3/h10-11,14H,5-9H2,1-4H3. The molecule has 4 heteroatoms. The summed E-state index contributed by atoms with van der Waals surface area (Å²) in [6.45, 7) is 9.07. The number of aryl methyl sites for hydroxylation is 2. The Labute approximate surface area is 104 Å². The molecule has 1 atom stereocenters. The first-order valence-electron chi connectivity index (χ1n) is 6.46. The molecule has 0 aromatic carbocycles. The van der Waals surface area contributed by atoms with Crippen LogP contribution in [0.5, 0.6) is 0 Å². The van der Waals surface area contributed by atoms with Gasteiger partial charge in [0.1, 0.15) is 0 Å². The fraction of sp³-hybridized carbons (Fsp3) is 0.769. The summed E-state index contributed by atoms with van der Waals surface area (Å²) in [5, 5.41) is 7.85. The molecular formula is C13H25N3O. The molecular weight excluding hydrogens is 214 g/mol. The third-order valence-electron chi connectivity index (χ3n) is 2.78. The maximum absolute atomic E-state index is 5.44. The quantitative estimate of drug-likeness (QED) is 0.707. The summed E-state index contributed by atoms with van der Waals surface area (Å²) in [5.41, 5.74) is 2.39. The average molecular weight is 239 g/mol. The Morgan fingerprint density at radius 3 is 2.82 bits per heavy atom. The fourth-order valence-electron chi connectivity index (χ4n) is 1.89. The van der Waals surface area contributed by atoms with E-state index >= 15 is 0 Å². The summed E-state index contributed by atoms with van der Waals surface area (Å²) < 4.78 is 7.31. The lowest BCUT2D eigenvalue weighted by Gasteiger charge is -2.12. The van der Waals surface area contributed by atoms with Crippen molar-refractivity contribution in [3.05, 3.63) is 17.5 Å². The molecule has 17 heavy (non-hydrogen) atoms. The summed E-state index contributed by atoms with van der Waals surface area (Å²) in [5.74, 6) is 0. The highest BCUT2D eigenvalue weighted by molar-refractivity contribution is 5.19. The van der Waals surface area contributed by atoms with Gasteiger partial charge in [0.05, 0.1) is 5.69 Å². The summed E-state index contributed by atoms with van der Waals surface area (Å²) in [6, 6.07) is 0.356. The normalized spacial score (nSPS) is 12.9. The smallest absolute Gasteiger partial charge is 0.0641 e. The highest BCUT2D eigenvalue weighted by Crippen LogP contribution is 2.14. The van der Waals surface area contributed by atoms with Crippen molar-refractivity contribution in [2.75, 3.05) is 19.8 Å². The molecule has 0 radical (unpaired) electrons. The zero-order valence-corrected chi connectivity index (χ0v) is 11.5. The zero-order valence-electron chi connectivity index (χ0n) is 11.5. The largest absolute Gasteiger partial charge is 0.381 e. The van der Waals surface area contributed by atoms with Crippen molar-refractivity contribution >= 4 is 0 Å². The van der Waals surface area contributed by atoms with Crippen LogP contribution in [-0.2, 0) is 11.8 Å². The van der Waals surface area contributed by atoms with Crippen LogP contribution in [0.3, 0.4) is 0 Å². The summed E-state index contributed by atoms with van der Waals surface area (Å²) in [7, 11) is 1.96. The van der Waals surface area contributed by atoms with E-state index in [1.807, 2.05) is 11.7 Å². The van der Waals surface area contributed by atoms with Gasteiger partial charge in [-0.05, 0) is 33.2 Å². The molecule has 98 valence electrons. The Morgan fingerprint density at radius 1 is 1.47 bits per heavy atom. The van der Waals surface area contributed by atoms with Crippen LogP contribution in [0.4, 0.5) is 0 Å². The molecule has 1 aromatic rings. The van der Waals surface area contributed by atoms with Crippen LogP contribution in [0.2, 0.25) is 0 Å². The summed E-state index contributed by atoms with van der Waals surface area (Å²) >= 11 is 0. The van der Waals surface area contributed by atoms with Crippen molar-refractivity contribution in [2.45, 2.75) is 39.7 Å². The second-order valence-corrected chi connectivity index (χ2v) is 4.49. The average Bonchev–Trinajstić information content (AvgIpc) is 2.62. The van der Waals surface area contributed by atoms with Gasteiger partial charge in [0.2, 0.25) is 0 Å². The Morgan fingerprint density at radius 2 is 2.24 bits per heavy atom. The molecule has 0 saturated heterocycles. The lowest BCUT2D eigenvalue weighted by atomic mass is 10.1. The first kappa shape index (κ1) is 14.2. The van der Waals surface area contributed by atoms with E-state index in [0.717, 1.165) is 38.3 Å². The van der Waals surface area contributed by atoms with E-state index in [1.165, 1.54) is 5.56 Å². The second kappa shape index (κ2) is 7.45. The van der Waals surface area contributed by atoms with Crippen LogP contribution in [0.25, 0.3) is 0 Å². The minimum Gasteiger partial charge on any atom is -0.381 e. The lowest BCUT2D eigenvalue weighted by Crippen LogP contribution is -2.21. The van der Waals surface area contributed by atoms with Gasteiger partial charge in [0, 0.05) is 38.1 Å². The van der Waals surface area contributed by atoms with Crippen molar-refractivity contribution < 1.29 is 4.74 Å². The molecule has 0 spiro atoms. The minimum atomic E-state index is 0.356. The number of nitrogens with one attached hydrogen (secondary N) is 1. The SMILES string of the molecule is CCCOCCCNC(C)c1cn(C)nc1C. The van der Waals surface area contributed by atoms with Gasteiger partial charge in [-0.25, -0.2) is 0 Å². The maximum atomic E-state index is 5.44. The Kier molecular flexibility index (Phi) is 6.22. The third kappa shape index (κ3) is 4.88. The number of nitrogens with zero attached hydrogens (tertiary/aromatic N) is 2. The van der Waals surface area contributed by atoms with Crippen LogP contribution in [0.15, 0.2) is 6.20 Å². The lowest BCUT2D eigenvalue weighted by molar-refractivity contribution is 0.132. The fourth-order valence-corrected chi connectivity index (χ4v) is 1.89. The van der Waals surface area contributed by atoms with Gasteiger partial charge in [0.15, 0.2) is 0 Å². The second-order valence-electron chi connectivity index (χ2n) is 4.49. The van der Waals surface area contributed by atoms with Crippen LogP contribution in [0, 0.1) is 6.92 Å². The summed E-state index contributed by atoms with van der Waals surface area (Å²) in [4.78, 5) is 0. The van der Waals surface area contributed by atoms with Crippen LogP contribution < -0.4 is 5.32 Å². The molecule has 1 N–H and O–H groups in total. The maximum Gasteiger partial charge on any atom is 0.0641 e. The molecule has 0 aliphatic rings. The van der Waals surface area contributed by atoms with Gasteiger partial charge in [0.25, 0.3) is 0 Å². The number of ether oxygens (including phenoxy) is 1. The Bertz CT molecular complexity index is 322. The van der Waals surface area contributed by atoms with Gasteiger partial charge in [-0.2, -0.15) is 5.10 Å². The molecule has 0 fully saturated rings. The molecule has 1 heterocycles. The number of hydrogen-bond acceptors (Lipinski definition) is 3. The van der Waals surface area contributed by atoms with Crippen LogP contribution in [-0.4, -0.2) is 29.5 Å². The van der Waals surface area contributed by atoms with Crippen molar-refractivity contribution in [3.63, 3.8) is 0 Å². The topological polar surface area (TPSA) is 39.1 Å². The van der Waals surface area contributed by atoms with Gasteiger partial charge in [-0.15, -0.1) is 0 Å². The molecule has 1 rings (SSSR count). The molecule has 1 aromatic heterocycles. The first-order valence-corrected chi connectivity index (χ1v) is 6.46. The predicted octanol–water partition coefficient (Wildman–Crippen LogP) is 2.20. The first-order chi connectivity index (χ1) is 8.15. The Balaban J connectivity index is 2.21. The van der Waals surface area contributed by atoms with Crippen LogP contribution in [0.1, 0.15) is 44.0 Å². The van der Waals surface area contributed by atoms with Crippen LogP contribution >= 0.6 is 0 Å². The van der Waals surface area contributed by atoms with E-state index in [4.69, 9.17) is 4.74 Å². The molecule has 0 saturated carbocycles. The van der Waals surface area contributed by atoms with E-state index in [9.17, 15) is 0 Å². The Hall–Kier alpha value is -0.870. The van der Waals surface area contributed by atoms with Gasteiger partial charge in [-0.1, -0.05) is 6.92 Å². The number of rotatable bonds is 8. The number of aromatic nitrogens is 2. The molecule has 0 bridgehead atoms. The third-order valence-corrected chi connectivity index (χ3v) is 2.78. The molecule has 0 amide bonds. The van der Waals surface area contributed by atoms with Gasteiger partial charge in [-0.3, -0.25) is 4.68 Å². The van der Waals surface area contributed by atoms with Crippen molar-refractivity contribution in [2.24, 2.45) is 7.05 Å². The number of hydrogen-bond donors (Lipinski definition) is 1. The zero-order chi connectivity index (χ0) is 12.7. The van der Waals surface area contributed by atoms with E-state index in [-0.39, 0.29) is 0 Å². The molecule has 4 nitrogen and oxygen atoms in total.